The third-order valence-corrected chi connectivity index (χ3v) is 2.92. The molecule has 0 aliphatic heterocycles. The number of hydrogen-bond acceptors (Lipinski definition) is 1. The fourth-order valence-corrected chi connectivity index (χ4v) is 2.01. The number of Topliss-reactive ketones (excluding diaryl/α,β-unsaturated/α-hetero) is 1. The van der Waals surface area contributed by atoms with Gasteiger partial charge in [-0.3, -0.25) is 4.79 Å². The smallest absolute Gasteiger partial charge is 0.249 e. The van der Waals surface area contributed by atoms with E-state index in [9.17, 15) is 4.79 Å². The second-order valence-corrected chi connectivity index (χ2v) is 4.24. The molecule has 0 atom stereocenters. The highest BCUT2D eigenvalue weighted by molar-refractivity contribution is 5.94. The van der Waals surface area contributed by atoms with Crippen molar-refractivity contribution in [3.8, 4) is 0 Å². The van der Waals surface area contributed by atoms with E-state index in [-0.39, 0.29) is 5.78 Å². The minimum Gasteiger partial charge on any atom is -0.290 e. The van der Waals surface area contributed by atoms with Crippen molar-refractivity contribution in [2.75, 3.05) is 0 Å². The average molecular weight is 237 g/mol. The fraction of sp³-hybridized carbons (Fsp3) is 0.0667. The summed E-state index contributed by atoms with van der Waals surface area (Å²) in [7, 11) is 0. The Hall–Kier alpha value is -2.42. The standard InChI is InChI=1S/C15H13N2O/c18-15(13-6-2-1-3-7-13)11-16-10-14-8-4-5-9-17(14)12-16/h1-10,12H,11H2/q+1. The largest absolute Gasteiger partial charge is 0.290 e. The topological polar surface area (TPSA) is 25.4 Å². The summed E-state index contributed by atoms with van der Waals surface area (Å²) in [5.41, 5.74) is 1.83. The van der Waals surface area contributed by atoms with Gasteiger partial charge in [-0.15, -0.1) is 0 Å². The molecule has 1 aromatic carbocycles. The number of carbonyl (C=O) groups is 1. The minimum atomic E-state index is 0.122. The molecule has 3 heteroatoms. The minimum absolute atomic E-state index is 0.122. The number of carbonyl (C=O) groups excluding carboxylic acids is 1. The summed E-state index contributed by atoms with van der Waals surface area (Å²) in [5.74, 6) is 0.122. The Labute approximate surface area is 105 Å². The quantitative estimate of drug-likeness (QED) is 0.506. The molecule has 0 amide bonds. The van der Waals surface area contributed by atoms with Crippen LogP contribution in [0.1, 0.15) is 10.4 Å². The molecule has 3 rings (SSSR count). The first-order chi connectivity index (χ1) is 8.83. The van der Waals surface area contributed by atoms with Gasteiger partial charge < -0.3 is 0 Å². The SMILES string of the molecule is O=C(C[n+]1cc2ccccn2c1)c1ccccc1. The molecule has 0 unspecified atom stereocenters. The molecule has 0 saturated carbocycles. The summed E-state index contributed by atoms with van der Waals surface area (Å²) >= 11 is 0. The van der Waals surface area contributed by atoms with Gasteiger partial charge in [0.2, 0.25) is 12.1 Å². The van der Waals surface area contributed by atoms with Crippen molar-refractivity contribution in [1.82, 2.24) is 4.40 Å². The van der Waals surface area contributed by atoms with E-state index in [1.807, 2.05) is 76.2 Å². The van der Waals surface area contributed by atoms with Crippen LogP contribution in [0, 0.1) is 0 Å². The van der Waals surface area contributed by atoms with E-state index in [4.69, 9.17) is 0 Å². The molecule has 0 radical (unpaired) electrons. The summed E-state index contributed by atoms with van der Waals surface area (Å²) in [6.07, 6.45) is 5.87. The molecule has 0 bridgehead atoms. The number of hydrogen-bond donors (Lipinski definition) is 0. The molecule has 0 aliphatic carbocycles. The number of imidazole rings is 1. The van der Waals surface area contributed by atoms with Crippen LogP contribution < -0.4 is 4.57 Å². The summed E-state index contributed by atoms with van der Waals surface area (Å²) in [5, 5.41) is 0. The Balaban J connectivity index is 1.86. The van der Waals surface area contributed by atoms with Gasteiger partial charge in [-0.2, -0.15) is 0 Å². The zero-order chi connectivity index (χ0) is 12.4. The van der Waals surface area contributed by atoms with E-state index in [1.54, 1.807) is 0 Å². The fourth-order valence-electron chi connectivity index (χ4n) is 2.01. The lowest BCUT2D eigenvalue weighted by atomic mass is 10.1. The van der Waals surface area contributed by atoms with Gasteiger partial charge in [-0.1, -0.05) is 36.4 Å². The molecule has 0 N–H and O–H groups in total. The Bertz CT molecular complexity index is 653. The molecule has 0 spiro atoms. The molecule has 2 aromatic heterocycles. The Morgan fingerprint density at radius 3 is 2.61 bits per heavy atom. The zero-order valence-electron chi connectivity index (χ0n) is 9.86. The lowest BCUT2D eigenvalue weighted by Gasteiger charge is -1.96. The number of rotatable bonds is 3. The molecule has 3 aromatic rings. The predicted octanol–water partition coefficient (Wildman–Crippen LogP) is 2.11. The van der Waals surface area contributed by atoms with Crippen molar-refractivity contribution in [3.05, 3.63) is 72.8 Å². The van der Waals surface area contributed by atoms with Crippen LogP contribution >= 0.6 is 0 Å². The first-order valence-corrected chi connectivity index (χ1v) is 5.87. The number of aromatic nitrogens is 2. The lowest BCUT2D eigenvalue weighted by Crippen LogP contribution is -2.35. The molecule has 2 heterocycles. The van der Waals surface area contributed by atoms with Gasteiger partial charge in [0.1, 0.15) is 6.20 Å². The van der Waals surface area contributed by atoms with Gasteiger partial charge in [-0.25, -0.2) is 8.97 Å². The van der Waals surface area contributed by atoms with Crippen LogP contribution in [-0.4, -0.2) is 10.2 Å². The summed E-state index contributed by atoms with van der Waals surface area (Å²) in [6, 6.07) is 15.3. The summed E-state index contributed by atoms with van der Waals surface area (Å²) in [4.78, 5) is 12.1. The molecule has 0 saturated heterocycles. The van der Waals surface area contributed by atoms with E-state index in [0.29, 0.717) is 6.54 Å². The highest BCUT2D eigenvalue weighted by atomic mass is 16.1. The van der Waals surface area contributed by atoms with Crippen LogP contribution in [0.4, 0.5) is 0 Å². The first-order valence-electron chi connectivity index (χ1n) is 5.87. The van der Waals surface area contributed by atoms with Gasteiger partial charge in [0.15, 0.2) is 12.1 Å². The lowest BCUT2D eigenvalue weighted by molar-refractivity contribution is -0.681. The van der Waals surface area contributed by atoms with Crippen LogP contribution in [-0.2, 0) is 6.54 Å². The van der Waals surface area contributed by atoms with E-state index >= 15 is 0 Å². The highest BCUT2D eigenvalue weighted by Gasteiger charge is 2.11. The second kappa shape index (κ2) is 4.45. The van der Waals surface area contributed by atoms with Crippen LogP contribution in [0.3, 0.4) is 0 Å². The number of fused-ring (bicyclic) bond motifs is 1. The van der Waals surface area contributed by atoms with Crippen molar-refractivity contribution in [1.29, 1.82) is 0 Å². The van der Waals surface area contributed by atoms with Crippen molar-refractivity contribution in [2.24, 2.45) is 0 Å². The van der Waals surface area contributed by atoms with Crippen molar-refractivity contribution < 1.29 is 9.36 Å². The second-order valence-electron chi connectivity index (χ2n) is 4.24. The molecular weight excluding hydrogens is 224 g/mol. The van der Waals surface area contributed by atoms with Gasteiger partial charge in [0.25, 0.3) is 0 Å². The summed E-state index contributed by atoms with van der Waals surface area (Å²) in [6.45, 7) is 0.367. The monoisotopic (exact) mass is 237 g/mol. The number of pyridine rings is 1. The van der Waals surface area contributed by atoms with Gasteiger partial charge in [0, 0.05) is 5.56 Å². The zero-order valence-corrected chi connectivity index (χ0v) is 9.86. The highest BCUT2D eigenvalue weighted by Crippen LogP contribution is 2.02. The van der Waals surface area contributed by atoms with Crippen LogP contribution in [0.2, 0.25) is 0 Å². The number of nitrogens with zero attached hydrogens (tertiary/aromatic N) is 2. The van der Waals surface area contributed by atoms with E-state index in [2.05, 4.69) is 0 Å². The molecule has 18 heavy (non-hydrogen) atoms. The maximum Gasteiger partial charge on any atom is 0.249 e. The Morgan fingerprint density at radius 2 is 1.83 bits per heavy atom. The molecule has 0 fully saturated rings. The van der Waals surface area contributed by atoms with Crippen LogP contribution in [0.15, 0.2) is 67.3 Å². The Morgan fingerprint density at radius 1 is 1.06 bits per heavy atom. The van der Waals surface area contributed by atoms with Crippen molar-refractivity contribution in [3.63, 3.8) is 0 Å². The first kappa shape index (κ1) is 10.7. The molecule has 0 aliphatic rings. The van der Waals surface area contributed by atoms with Crippen molar-refractivity contribution in [2.45, 2.75) is 6.54 Å². The third kappa shape index (κ3) is 2.02. The van der Waals surface area contributed by atoms with Crippen LogP contribution in [0.5, 0.6) is 0 Å². The Kier molecular flexibility index (Phi) is 2.65. The van der Waals surface area contributed by atoms with Crippen molar-refractivity contribution >= 4 is 11.3 Å². The number of ketones is 1. The van der Waals surface area contributed by atoms with Gasteiger partial charge in [-0.05, 0) is 12.1 Å². The van der Waals surface area contributed by atoms with E-state index < -0.39 is 0 Å². The molecular formula is C15H13N2O+. The average Bonchev–Trinajstić information content (AvgIpc) is 2.82. The van der Waals surface area contributed by atoms with Gasteiger partial charge >= 0.3 is 0 Å². The molecule has 88 valence electrons. The number of benzene rings is 1. The van der Waals surface area contributed by atoms with Gasteiger partial charge in [0.05, 0.1) is 6.20 Å². The predicted molar refractivity (Wildman–Crippen MR) is 68.4 cm³/mol. The third-order valence-electron chi connectivity index (χ3n) is 2.92. The maximum absolute atomic E-state index is 12.1. The summed E-state index contributed by atoms with van der Waals surface area (Å²) < 4.78 is 3.91. The molecule has 3 nitrogen and oxygen atoms in total. The normalized spacial score (nSPS) is 10.7. The van der Waals surface area contributed by atoms with E-state index in [1.165, 1.54) is 0 Å². The van der Waals surface area contributed by atoms with E-state index in [0.717, 1.165) is 11.1 Å². The maximum atomic E-state index is 12.1. The van der Waals surface area contributed by atoms with Crippen LogP contribution in [0.25, 0.3) is 5.52 Å².